The predicted molar refractivity (Wildman–Crippen MR) is 80.0 cm³/mol. The van der Waals surface area contributed by atoms with Crippen LogP contribution in [0.25, 0.3) is 0 Å². The normalized spacial score (nSPS) is 24.4. The molecule has 0 spiro atoms. The van der Waals surface area contributed by atoms with Gasteiger partial charge in [0.25, 0.3) is 0 Å². The van der Waals surface area contributed by atoms with Crippen molar-refractivity contribution in [3.63, 3.8) is 0 Å². The number of nitrogens with two attached hydrogens (primary N) is 1. The Morgan fingerprint density at radius 3 is 2.84 bits per heavy atom. The van der Waals surface area contributed by atoms with Gasteiger partial charge in [-0.25, -0.2) is 0 Å². The summed E-state index contributed by atoms with van der Waals surface area (Å²) in [5.74, 6) is 0.677. The lowest BCUT2D eigenvalue weighted by Gasteiger charge is -2.33. The fourth-order valence-electron chi connectivity index (χ4n) is 3.22. The molecule has 1 aliphatic carbocycles. The molecule has 1 aromatic heterocycles. The Kier molecular flexibility index (Phi) is 5.80. The van der Waals surface area contributed by atoms with Gasteiger partial charge < -0.3 is 10.6 Å². The van der Waals surface area contributed by atoms with E-state index < -0.39 is 0 Å². The van der Waals surface area contributed by atoms with Crippen molar-refractivity contribution < 1.29 is 0 Å². The Morgan fingerprint density at radius 1 is 1.26 bits per heavy atom. The Morgan fingerprint density at radius 2 is 2.11 bits per heavy atom. The summed E-state index contributed by atoms with van der Waals surface area (Å²) < 4.78 is 0. The van der Waals surface area contributed by atoms with Crippen molar-refractivity contribution in [3.8, 4) is 0 Å². The van der Waals surface area contributed by atoms with Gasteiger partial charge in [0.15, 0.2) is 0 Å². The van der Waals surface area contributed by atoms with Crippen LogP contribution in [0.15, 0.2) is 24.4 Å². The predicted octanol–water partition coefficient (Wildman–Crippen LogP) is 2.46. The van der Waals surface area contributed by atoms with Gasteiger partial charge in [0.05, 0.1) is 0 Å². The highest BCUT2D eigenvalue weighted by Crippen LogP contribution is 2.26. The van der Waals surface area contributed by atoms with Gasteiger partial charge in [-0.1, -0.05) is 25.3 Å². The van der Waals surface area contributed by atoms with Crippen LogP contribution < -0.4 is 5.73 Å². The van der Waals surface area contributed by atoms with Crippen molar-refractivity contribution in [2.45, 2.75) is 44.6 Å². The topological polar surface area (TPSA) is 42.2 Å². The highest BCUT2D eigenvalue weighted by Gasteiger charge is 2.25. The Balaban J connectivity index is 1.88. The Hall–Kier alpha value is -0.930. The summed E-state index contributed by atoms with van der Waals surface area (Å²) in [5, 5.41) is 0. The second-order valence-electron chi connectivity index (χ2n) is 5.75. The van der Waals surface area contributed by atoms with Crippen LogP contribution in [0, 0.1) is 5.92 Å². The number of likely N-dealkylation sites (N-methyl/N-ethyl adjacent to an activating group) is 1. The van der Waals surface area contributed by atoms with Crippen LogP contribution in [0.4, 0.5) is 0 Å². The molecule has 0 bridgehead atoms. The van der Waals surface area contributed by atoms with Crippen molar-refractivity contribution in [3.05, 3.63) is 30.1 Å². The molecule has 1 heterocycles. The SMILES string of the molecule is CN(CCc1ccccn1)C1CCCCCC1CN. The van der Waals surface area contributed by atoms with E-state index in [9.17, 15) is 0 Å². The molecular weight excluding hydrogens is 234 g/mol. The van der Waals surface area contributed by atoms with Crippen molar-refractivity contribution in [2.24, 2.45) is 11.7 Å². The first-order valence-electron chi connectivity index (χ1n) is 7.61. The van der Waals surface area contributed by atoms with Crippen LogP contribution >= 0.6 is 0 Å². The summed E-state index contributed by atoms with van der Waals surface area (Å²) in [6.07, 6.45) is 9.60. The van der Waals surface area contributed by atoms with Crippen molar-refractivity contribution >= 4 is 0 Å². The van der Waals surface area contributed by atoms with Crippen LogP contribution in [0.1, 0.15) is 37.8 Å². The standard InChI is InChI=1S/C16H27N3/c1-19(12-10-15-8-5-6-11-18-15)16-9-4-2-3-7-14(16)13-17/h5-6,8,11,14,16H,2-4,7,9-10,12-13,17H2,1H3. The van der Waals surface area contributed by atoms with E-state index in [1.165, 1.54) is 37.8 Å². The smallest absolute Gasteiger partial charge is 0.0416 e. The van der Waals surface area contributed by atoms with Gasteiger partial charge in [-0.2, -0.15) is 0 Å². The number of nitrogens with zero attached hydrogens (tertiary/aromatic N) is 2. The summed E-state index contributed by atoms with van der Waals surface area (Å²) in [6.45, 7) is 1.91. The van der Waals surface area contributed by atoms with Crippen LogP contribution in [0.2, 0.25) is 0 Å². The van der Waals surface area contributed by atoms with Crippen LogP contribution in [0.3, 0.4) is 0 Å². The zero-order valence-corrected chi connectivity index (χ0v) is 12.1. The first-order valence-corrected chi connectivity index (χ1v) is 7.61. The number of aromatic nitrogens is 1. The second-order valence-corrected chi connectivity index (χ2v) is 5.75. The molecule has 2 atom stereocenters. The Labute approximate surface area is 117 Å². The van der Waals surface area contributed by atoms with E-state index in [-0.39, 0.29) is 0 Å². The summed E-state index contributed by atoms with van der Waals surface area (Å²) >= 11 is 0. The molecule has 1 aromatic rings. The molecule has 1 aliphatic rings. The van der Waals surface area contributed by atoms with Gasteiger partial charge in [-0.15, -0.1) is 0 Å². The first kappa shape index (κ1) is 14.5. The van der Waals surface area contributed by atoms with Gasteiger partial charge in [0.1, 0.15) is 0 Å². The molecule has 0 amide bonds. The molecule has 3 nitrogen and oxygen atoms in total. The maximum Gasteiger partial charge on any atom is 0.0416 e. The molecular formula is C16H27N3. The molecule has 0 aromatic carbocycles. The number of hydrogen-bond donors (Lipinski definition) is 1. The van der Waals surface area contributed by atoms with E-state index >= 15 is 0 Å². The lowest BCUT2D eigenvalue weighted by atomic mass is 9.93. The third kappa shape index (κ3) is 4.29. The number of pyridine rings is 1. The zero-order valence-electron chi connectivity index (χ0n) is 12.1. The number of rotatable bonds is 5. The van der Waals surface area contributed by atoms with E-state index in [4.69, 9.17) is 5.73 Å². The summed E-state index contributed by atoms with van der Waals surface area (Å²) in [5.41, 5.74) is 7.16. The summed E-state index contributed by atoms with van der Waals surface area (Å²) in [6, 6.07) is 6.82. The summed E-state index contributed by atoms with van der Waals surface area (Å²) in [7, 11) is 2.25. The van der Waals surface area contributed by atoms with E-state index in [1.807, 2.05) is 12.3 Å². The van der Waals surface area contributed by atoms with Gasteiger partial charge in [0.2, 0.25) is 0 Å². The Bertz CT molecular complexity index is 352. The van der Waals surface area contributed by atoms with Crippen molar-refractivity contribution in [2.75, 3.05) is 20.1 Å². The van der Waals surface area contributed by atoms with Crippen LogP contribution in [0.5, 0.6) is 0 Å². The lowest BCUT2D eigenvalue weighted by Crippen LogP contribution is -2.41. The number of hydrogen-bond acceptors (Lipinski definition) is 3. The maximum absolute atomic E-state index is 5.97. The molecule has 0 saturated heterocycles. The second kappa shape index (κ2) is 7.61. The van der Waals surface area contributed by atoms with Gasteiger partial charge in [0, 0.05) is 30.9 Å². The van der Waals surface area contributed by atoms with Gasteiger partial charge in [-0.05, 0) is 44.5 Å². The first-order chi connectivity index (χ1) is 9.31. The minimum atomic E-state index is 0.663. The molecule has 106 valence electrons. The quantitative estimate of drug-likeness (QED) is 0.828. The minimum Gasteiger partial charge on any atom is -0.330 e. The van der Waals surface area contributed by atoms with Crippen LogP contribution in [-0.2, 0) is 6.42 Å². The van der Waals surface area contributed by atoms with Crippen molar-refractivity contribution in [1.29, 1.82) is 0 Å². The average Bonchev–Trinajstić information content (AvgIpc) is 2.71. The molecule has 0 aliphatic heterocycles. The fourth-order valence-corrected chi connectivity index (χ4v) is 3.22. The van der Waals surface area contributed by atoms with E-state index in [2.05, 4.69) is 29.1 Å². The molecule has 0 radical (unpaired) electrons. The van der Waals surface area contributed by atoms with Gasteiger partial charge >= 0.3 is 0 Å². The molecule has 2 unspecified atom stereocenters. The van der Waals surface area contributed by atoms with Crippen molar-refractivity contribution in [1.82, 2.24) is 9.88 Å². The van der Waals surface area contributed by atoms with Gasteiger partial charge in [-0.3, -0.25) is 4.98 Å². The third-order valence-corrected chi connectivity index (χ3v) is 4.43. The van der Waals surface area contributed by atoms with E-state index in [0.717, 1.165) is 19.5 Å². The molecule has 2 N–H and O–H groups in total. The molecule has 2 rings (SSSR count). The largest absolute Gasteiger partial charge is 0.330 e. The monoisotopic (exact) mass is 261 g/mol. The van der Waals surface area contributed by atoms with E-state index in [0.29, 0.717) is 12.0 Å². The molecule has 3 heteroatoms. The highest BCUT2D eigenvalue weighted by molar-refractivity contribution is 5.03. The lowest BCUT2D eigenvalue weighted by molar-refractivity contribution is 0.169. The maximum atomic E-state index is 5.97. The highest BCUT2D eigenvalue weighted by atomic mass is 15.1. The van der Waals surface area contributed by atoms with E-state index in [1.54, 1.807) is 0 Å². The summed E-state index contributed by atoms with van der Waals surface area (Å²) in [4.78, 5) is 6.91. The van der Waals surface area contributed by atoms with Crippen LogP contribution in [-0.4, -0.2) is 36.1 Å². The fraction of sp³-hybridized carbons (Fsp3) is 0.688. The molecule has 1 saturated carbocycles. The molecule has 19 heavy (non-hydrogen) atoms. The average molecular weight is 261 g/mol. The third-order valence-electron chi connectivity index (χ3n) is 4.43. The minimum absolute atomic E-state index is 0.663. The molecule has 1 fully saturated rings. The zero-order chi connectivity index (χ0) is 13.5.